The number of carboxylic acids is 1. The predicted octanol–water partition coefficient (Wildman–Crippen LogP) is 1.58. The van der Waals surface area contributed by atoms with Crippen molar-refractivity contribution in [3.8, 4) is 5.75 Å². The van der Waals surface area contributed by atoms with E-state index in [-0.39, 0.29) is 11.3 Å². The SMILES string of the molecule is COC(=O)C=Cc1cccc(C(=O)O)c1OC. The molecule has 0 heterocycles. The minimum absolute atomic E-state index is 0.0412. The third-order valence-corrected chi connectivity index (χ3v) is 2.08. The fourth-order valence-corrected chi connectivity index (χ4v) is 1.31. The molecule has 0 aliphatic heterocycles. The summed E-state index contributed by atoms with van der Waals surface area (Å²) in [6.07, 6.45) is 2.64. The van der Waals surface area contributed by atoms with Crippen molar-refractivity contribution in [2.24, 2.45) is 0 Å². The lowest BCUT2D eigenvalue weighted by Gasteiger charge is -2.07. The molecule has 0 saturated heterocycles. The van der Waals surface area contributed by atoms with E-state index >= 15 is 0 Å². The van der Waals surface area contributed by atoms with Crippen LogP contribution in [0.15, 0.2) is 24.3 Å². The van der Waals surface area contributed by atoms with Gasteiger partial charge in [0, 0.05) is 11.6 Å². The van der Waals surface area contributed by atoms with Crippen LogP contribution < -0.4 is 4.74 Å². The minimum atomic E-state index is -1.09. The zero-order valence-corrected chi connectivity index (χ0v) is 9.47. The van der Waals surface area contributed by atoms with Crippen LogP contribution in [-0.2, 0) is 9.53 Å². The van der Waals surface area contributed by atoms with Crippen molar-refractivity contribution in [1.82, 2.24) is 0 Å². The molecule has 0 spiro atoms. The third kappa shape index (κ3) is 3.07. The number of carbonyl (C=O) groups excluding carboxylic acids is 1. The van der Waals surface area contributed by atoms with Gasteiger partial charge in [0.1, 0.15) is 11.3 Å². The molecular formula is C12H12O5. The summed E-state index contributed by atoms with van der Waals surface area (Å²) in [6.45, 7) is 0. The number of rotatable bonds is 4. The summed E-state index contributed by atoms with van der Waals surface area (Å²) in [5.74, 6) is -1.40. The van der Waals surface area contributed by atoms with E-state index < -0.39 is 11.9 Å². The third-order valence-electron chi connectivity index (χ3n) is 2.08. The lowest BCUT2D eigenvalue weighted by Crippen LogP contribution is -2.02. The summed E-state index contributed by atoms with van der Waals surface area (Å²) >= 11 is 0. The molecule has 5 heteroatoms. The smallest absolute Gasteiger partial charge is 0.339 e. The van der Waals surface area contributed by atoms with E-state index in [0.717, 1.165) is 0 Å². The molecule has 1 N–H and O–H groups in total. The van der Waals surface area contributed by atoms with Crippen molar-refractivity contribution in [1.29, 1.82) is 0 Å². The van der Waals surface area contributed by atoms with Gasteiger partial charge in [-0.25, -0.2) is 9.59 Å². The monoisotopic (exact) mass is 236 g/mol. The quantitative estimate of drug-likeness (QED) is 0.634. The molecule has 1 aromatic carbocycles. The second-order valence-corrected chi connectivity index (χ2v) is 3.09. The van der Waals surface area contributed by atoms with Crippen LogP contribution in [0.4, 0.5) is 0 Å². The first-order chi connectivity index (χ1) is 8.10. The lowest BCUT2D eigenvalue weighted by molar-refractivity contribution is -0.134. The number of hydrogen-bond acceptors (Lipinski definition) is 4. The van der Waals surface area contributed by atoms with Gasteiger partial charge in [0.2, 0.25) is 0 Å². The van der Waals surface area contributed by atoms with Crippen molar-refractivity contribution < 1.29 is 24.2 Å². The molecule has 0 atom stereocenters. The molecule has 5 nitrogen and oxygen atoms in total. The number of ether oxygens (including phenoxy) is 2. The fraction of sp³-hybridized carbons (Fsp3) is 0.167. The Balaban J connectivity index is 3.16. The Morgan fingerprint density at radius 2 is 2.00 bits per heavy atom. The molecule has 0 aromatic heterocycles. The second-order valence-electron chi connectivity index (χ2n) is 3.09. The van der Waals surface area contributed by atoms with Crippen molar-refractivity contribution >= 4 is 18.0 Å². The van der Waals surface area contributed by atoms with Gasteiger partial charge in [0.25, 0.3) is 0 Å². The Morgan fingerprint density at radius 1 is 1.29 bits per heavy atom. The van der Waals surface area contributed by atoms with E-state index in [4.69, 9.17) is 9.84 Å². The Morgan fingerprint density at radius 3 is 2.53 bits per heavy atom. The van der Waals surface area contributed by atoms with Crippen LogP contribution in [0.3, 0.4) is 0 Å². The van der Waals surface area contributed by atoms with Gasteiger partial charge < -0.3 is 14.6 Å². The molecule has 17 heavy (non-hydrogen) atoms. The van der Waals surface area contributed by atoms with Crippen molar-refractivity contribution in [2.45, 2.75) is 0 Å². The van der Waals surface area contributed by atoms with Crippen LogP contribution in [0, 0.1) is 0 Å². The molecule has 0 aliphatic rings. The number of hydrogen-bond donors (Lipinski definition) is 1. The van der Waals surface area contributed by atoms with E-state index in [1.807, 2.05) is 0 Å². The van der Waals surface area contributed by atoms with Crippen LogP contribution in [0.25, 0.3) is 6.08 Å². The van der Waals surface area contributed by atoms with Crippen LogP contribution in [0.2, 0.25) is 0 Å². The highest BCUT2D eigenvalue weighted by molar-refractivity contribution is 5.94. The molecule has 0 radical (unpaired) electrons. The first-order valence-electron chi connectivity index (χ1n) is 4.76. The lowest BCUT2D eigenvalue weighted by atomic mass is 10.1. The van der Waals surface area contributed by atoms with Gasteiger partial charge in [0.15, 0.2) is 0 Å². The molecule has 0 saturated carbocycles. The first-order valence-corrected chi connectivity index (χ1v) is 4.76. The highest BCUT2D eigenvalue weighted by Gasteiger charge is 2.13. The van der Waals surface area contributed by atoms with Gasteiger partial charge in [-0.1, -0.05) is 12.1 Å². The maximum absolute atomic E-state index is 10.9. The fourth-order valence-electron chi connectivity index (χ4n) is 1.31. The van der Waals surface area contributed by atoms with E-state index in [1.165, 1.54) is 32.4 Å². The normalized spacial score (nSPS) is 10.2. The Kier molecular flexibility index (Phi) is 4.28. The molecule has 1 rings (SSSR count). The summed E-state index contributed by atoms with van der Waals surface area (Å²) in [5, 5.41) is 8.95. The standard InChI is InChI=1S/C12H12O5/c1-16-10(13)7-6-8-4-3-5-9(12(14)15)11(8)17-2/h3-7H,1-2H3,(H,14,15). The summed E-state index contributed by atoms with van der Waals surface area (Å²) < 4.78 is 9.46. The molecular weight excluding hydrogens is 224 g/mol. The predicted molar refractivity (Wildman–Crippen MR) is 61.0 cm³/mol. The Hall–Kier alpha value is -2.30. The maximum atomic E-state index is 10.9. The van der Waals surface area contributed by atoms with Gasteiger partial charge >= 0.3 is 11.9 Å². The van der Waals surface area contributed by atoms with Crippen molar-refractivity contribution in [3.05, 3.63) is 35.4 Å². The number of methoxy groups -OCH3 is 2. The van der Waals surface area contributed by atoms with Crippen molar-refractivity contribution in [3.63, 3.8) is 0 Å². The van der Waals surface area contributed by atoms with Gasteiger partial charge in [0.05, 0.1) is 14.2 Å². The largest absolute Gasteiger partial charge is 0.495 e. The summed E-state index contributed by atoms with van der Waals surface area (Å²) in [6, 6.07) is 4.64. The number of esters is 1. The zero-order valence-electron chi connectivity index (χ0n) is 9.47. The van der Waals surface area contributed by atoms with E-state index in [1.54, 1.807) is 12.1 Å². The molecule has 0 amide bonds. The first kappa shape index (κ1) is 12.8. The molecule has 90 valence electrons. The van der Waals surface area contributed by atoms with Crippen molar-refractivity contribution in [2.75, 3.05) is 14.2 Å². The Labute approximate surface area is 98.3 Å². The summed E-state index contributed by atoms with van der Waals surface area (Å²) in [7, 11) is 2.63. The molecule has 1 aromatic rings. The average Bonchev–Trinajstić information content (AvgIpc) is 2.34. The van der Waals surface area contributed by atoms with Crippen LogP contribution in [0.1, 0.15) is 15.9 Å². The molecule has 0 unspecified atom stereocenters. The maximum Gasteiger partial charge on any atom is 0.339 e. The number of carbonyl (C=O) groups is 2. The Bertz CT molecular complexity index is 462. The number of benzene rings is 1. The molecule has 0 bridgehead atoms. The zero-order chi connectivity index (χ0) is 12.8. The average molecular weight is 236 g/mol. The molecule has 0 aliphatic carbocycles. The number of carboxylic acid groups (broad SMARTS) is 1. The van der Waals surface area contributed by atoms with Gasteiger partial charge in [-0.05, 0) is 12.1 Å². The summed E-state index contributed by atoms with van der Waals surface area (Å²) in [5.41, 5.74) is 0.539. The van der Waals surface area contributed by atoms with Crippen LogP contribution in [0.5, 0.6) is 5.75 Å². The van der Waals surface area contributed by atoms with Gasteiger partial charge in [-0.3, -0.25) is 0 Å². The minimum Gasteiger partial charge on any atom is -0.495 e. The van der Waals surface area contributed by atoms with Crippen LogP contribution >= 0.6 is 0 Å². The number of para-hydroxylation sites is 1. The second kappa shape index (κ2) is 5.69. The van der Waals surface area contributed by atoms with Gasteiger partial charge in [-0.15, -0.1) is 0 Å². The van der Waals surface area contributed by atoms with Crippen LogP contribution in [-0.4, -0.2) is 31.3 Å². The topological polar surface area (TPSA) is 72.8 Å². The van der Waals surface area contributed by atoms with E-state index in [2.05, 4.69) is 4.74 Å². The highest BCUT2D eigenvalue weighted by atomic mass is 16.5. The molecule has 0 fully saturated rings. The highest BCUT2D eigenvalue weighted by Crippen LogP contribution is 2.24. The van der Waals surface area contributed by atoms with E-state index in [9.17, 15) is 9.59 Å². The summed E-state index contributed by atoms with van der Waals surface area (Å²) in [4.78, 5) is 21.9. The van der Waals surface area contributed by atoms with Gasteiger partial charge in [-0.2, -0.15) is 0 Å². The van der Waals surface area contributed by atoms with E-state index in [0.29, 0.717) is 5.56 Å². The number of aromatic carboxylic acids is 1.